The van der Waals surface area contributed by atoms with Gasteiger partial charge in [-0.25, -0.2) is 0 Å². The van der Waals surface area contributed by atoms with E-state index in [0.29, 0.717) is 6.54 Å². The van der Waals surface area contributed by atoms with Crippen LogP contribution in [0, 0.1) is 0 Å². The Hall–Kier alpha value is -1.49. The van der Waals surface area contributed by atoms with Crippen LogP contribution in [0.1, 0.15) is 38.5 Å². The highest BCUT2D eigenvalue weighted by atomic mass is 16.3. The van der Waals surface area contributed by atoms with Gasteiger partial charge in [0.05, 0.1) is 18.8 Å². The zero-order valence-electron chi connectivity index (χ0n) is 13.1. The van der Waals surface area contributed by atoms with Crippen molar-refractivity contribution in [2.24, 2.45) is 4.99 Å². The van der Waals surface area contributed by atoms with Gasteiger partial charge in [0.2, 0.25) is 0 Å². The average Bonchev–Trinajstić information content (AvgIpc) is 2.92. The van der Waals surface area contributed by atoms with Crippen molar-refractivity contribution in [2.75, 3.05) is 33.7 Å². The van der Waals surface area contributed by atoms with E-state index in [1.165, 1.54) is 6.42 Å². The lowest BCUT2D eigenvalue weighted by molar-refractivity contribution is 0.265. The fourth-order valence-electron chi connectivity index (χ4n) is 1.89. The van der Waals surface area contributed by atoms with Gasteiger partial charge in [0, 0.05) is 13.1 Å². The van der Waals surface area contributed by atoms with E-state index < -0.39 is 0 Å². The lowest BCUT2D eigenvalue weighted by atomic mass is 10.2. The molecule has 0 fully saturated rings. The molecule has 1 rings (SSSR count). The van der Waals surface area contributed by atoms with Crippen LogP contribution in [0.5, 0.6) is 0 Å². The second-order valence-electron chi connectivity index (χ2n) is 4.99. The van der Waals surface area contributed by atoms with Gasteiger partial charge in [-0.1, -0.05) is 13.3 Å². The van der Waals surface area contributed by atoms with E-state index in [-0.39, 0.29) is 6.04 Å². The summed E-state index contributed by atoms with van der Waals surface area (Å²) in [6.07, 6.45) is 4.04. The van der Waals surface area contributed by atoms with Crippen LogP contribution in [0.4, 0.5) is 0 Å². The third-order valence-electron chi connectivity index (χ3n) is 3.08. The smallest absolute Gasteiger partial charge is 0.191 e. The Morgan fingerprint density at radius 2 is 2.15 bits per heavy atom. The minimum atomic E-state index is 0.159. The maximum Gasteiger partial charge on any atom is 0.191 e. The SMILES string of the molecule is CCCCNC(=NCC(c1ccco1)N(C)C)NCC. The number of likely N-dealkylation sites (N-methyl/N-ethyl adjacent to an activating group) is 1. The van der Waals surface area contributed by atoms with Crippen molar-refractivity contribution in [2.45, 2.75) is 32.7 Å². The van der Waals surface area contributed by atoms with Crippen LogP contribution in [0.15, 0.2) is 27.8 Å². The normalized spacial score (nSPS) is 13.6. The lowest BCUT2D eigenvalue weighted by Gasteiger charge is -2.21. The van der Waals surface area contributed by atoms with Crippen molar-refractivity contribution in [3.05, 3.63) is 24.2 Å². The van der Waals surface area contributed by atoms with Gasteiger partial charge in [-0.05, 0) is 39.6 Å². The summed E-state index contributed by atoms with van der Waals surface area (Å²) >= 11 is 0. The molecule has 1 aromatic heterocycles. The Morgan fingerprint density at radius 1 is 1.35 bits per heavy atom. The van der Waals surface area contributed by atoms with Gasteiger partial charge >= 0.3 is 0 Å². The molecule has 0 saturated heterocycles. The highest BCUT2D eigenvalue weighted by molar-refractivity contribution is 5.79. The third-order valence-corrected chi connectivity index (χ3v) is 3.08. The van der Waals surface area contributed by atoms with E-state index in [9.17, 15) is 0 Å². The molecule has 1 heterocycles. The molecule has 0 saturated carbocycles. The van der Waals surface area contributed by atoms with Crippen LogP contribution in [0.25, 0.3) is 0 Å². The van der Waals surface area contributed by atoms with E-state index in [2.05, 4.69) is 34.4 Å². The Kier molecular flexibility index (Phi) is 7.80. The van der Waals surface area contributed by atoms with Crippen molar-refractivity contribution in [3.63, 3.8) is 0 Å². The molecule has 20 heavy (non-hydrogen) atoms. The zero-order chi connectivity index (χ0) is 14.8. The number of guanidine groups is 1. The summed E-state index contributed by atoms with van der Waals surface area (Å²) in [5, 5.41) is 6.62. The van der Waals surface area contributed by atoms with Gasteiger partial charge in [0.1, 0.15) is 5.76 Å². The molecule has 1 atom stereocenters. The van der Waals surface area contributed by atoms with Gasteiger partial charge in [0.25, 0.3) is 0 Å². The Morgan fingerprint density at radius 3 is 2.70 bits per heavy atom. The van der Waals surface area contributed by atoms with Crippen molar-refractivity contribution < 1.29 is 4.42 Å². The third kappa shape index (κ3) is 5.65. The number of hydrogen-bond donors (Lipinski definition) is 2. The van der Waals surface area contributed by atoms with Gasteiger partial charge in [-0.15, -0.1) is 0 Å². The van der Waals surface area contributed by atoms with Crippen LogP contribution in [-0.2, 0) is 0 Å². The predicted molar refractivity (Wildman–Crippen MR) is 84.0 cm³/mol. The molecule has 5 nitrogen and oxygen atoms in total. The second kappa shape index (κ2) is 9.42. The summed E-state index contributed by atoms with van der Waals surface area (Å²) in [6.45, 7) is 6.75. The summed E-state index contributed by atoms with van der Waals surface area (Å²) in [7, 11) is 4.08. The van der Waals surface area contributed by atoms with Crippen LogP contribution >= 0.6 is 0 Å². The predicted octanol–water partition coefficient (Wildman–Crippen LogP) is 2.24. The van der Waals surface area contributed by atoms with Crippen LogP contribution in [-0.4, -0.2) is 44.6 Å². The van der Waals surface area contributed by atoms with Gasteiger partial charge in [0.15, 0.2) is 5.96 Å². The maximum atomic E-state index is 5.50. The lowest BCUT2D eigenvalue weighted by Crippen LogP contribution is -2.38. The minimum absolute atomic E-state index is 0.159. The highest BCUT2D eigenvalue weighted by Gasteiger charge is 2.16. The van der Waals surface area contributed by atoms with Gasteiger partial charge in [-0.3, -0.25) is 9.89 Å². The zero-order valence-corrected chi connectivity index (χ0v) is 13.1. The molecule has 0 spiro atoms. The largest absolute Gasteiger partial charge is 0.468 e. The Bertz CT molecular complexity index is 373. The molecule has 0 bridgehead atoms. The first-order chi connectivity index (χ1) is 9.69. The number of unbranched alkanes of at least 4 members (excludes halogenated alkanes) is 1. The van der Waals surface area contributed by atoms with Crippen molar-refractivity contribution in [1.82, 2.24) is 15.5 Å². The van der Waals surface area contributed by atoms with Crippen LogP contribution in [0.3, 0.4) is 0 Å². The molecule has 0 aliphatic heterocycles. The minimum Gasteiger partial charge on any atom is -0.468 e. The molecule has 0 aliphatic rings. The first kappa shape index (κ1) is 16.6. The Labute approximate surface area is 122 Å². The van der Waals surface area contributed by atoms with E-state index in [0.717, 1.165) is 31.2 Å². The first-order valence-electron chi connectivity index (χ1n) is 7.41. The molecule has 0 aromatic carbocycles. The van der Waals surface area contributed by atoms with Gasteiger partial charge in [-0.2, -0.15) is 0 Å². The molecule has 5 heteroatoms. The number of rotatable bonds is 8. The van der Waals surface area contributed by atoms with Crippen molar-refractivity contribution in [3.8, 4) is 0 Å². The number of furan rings is 1. The van der Waals surface area contributed by atoms with E-state index >= 15 is 0 Å². The quantitative estimate of drug-likeness (QED) is 0.435. The summed E-state index contributed by atoms with van der Waals surface area (Å²) in [6, 6.07) is 4.07. The molecular weight excluding hydrogens is 252 g/mol. The van der Waals surface area contributed by atoms with Gasteiger partial charge < -0.3 is 15.1 Å². The fourth-order valence-corrected chi connectivity index (χ4v) is 1.89. The van der Waals surface area contributed by atoms with Crippen molar-refractivity contribution >= 4 is 5.96 Å². The Balaban J connectivity index is 2.62. The monoisotopic (exact) mass is 280 g/mol. The molecule has 0 aliphatic carbocycles. The molecule has 0 radical (unpaired) electrons. The second-order valence-corrected chi connectivity index (χ2v) is 4.99. The molecule has 0 amide bonds. The number of hydrogen-bond acceptors (Lipinski definition) is 3. The van der Waals surface area contributed by atoms with E-state index in [1.807, 2.05) is 26.2 Å². The summed E-state index contributed by atoms with van der Waals surface area (Å²) in [5.74, 6) is 1.82. The molecule has 2 N–H and O–H groups in total. The van der Waals surface area contributed by atoms with E-state index in [1.54, 1.807) is 6.26 Å². The van der Waals surface area contributed by atoms with Crippen LogP contribution < -0.4 is 10.6 Å². The number of nitrogens with one attached hydrogen (secondary N) is 2. The van der Waals surface area contributed by atoms with Crippen molar-refractivity contribution in [1.29, 1.82) is 0 Å². The molecule has 1 aromatic rings. The number of aliphatic imine (C=N–C) groups is 1. The average molecular weight is 280 g/mol. The maximum absolute atomic E-state index is 5.50. The standard InChI is InChI=1S/C15H28N4O/c1-5-7-10-17-15(16-6-2)18-12-13(19(3)4)14-9-8-11-20-14/h8-9,11,13H,5-7,10,12H2,1-4H3,(H2,16,17,18). The summed E-state index contributed by atoms with van der Waals surface area (Å²) in [5.41, 5.74) is 0. The highest BCUT2D eigenvalue weighted by Crippen LogP contribution is 2.18. The first-order valence-corrected chi connectivity index (χ1v) is 7.41. The molecule has 114 valence electrons. The molecule has 1 unspecified atom stereocenters. The van der Waals surface area contributed by atoms with Crippen LogP contribution in [0.2, 0.25) is 0 Å². The molecular formula is C15H28N4O. The van der Waals surface area contributed by atoms with E-state index in [4.69, 9.17) is 4.42 Å². The number of nitrogens with zero attached hydrogens (tertiary/aromatic N) is 2. The fraction of sp³-hybridized carbons (Fsp3) is 0.667. The summed E-state index contributed by atoms with van der Waals surface area (Å²) < 4.78 is 5.50. The topological polar surface area (TPSA) is 52.8 Å². The summed E-state index contributed by atoms with van der Waals surface area (Å²) in [4.78, 5) is 6.78.